The smallest absolute Gasteiger partial charge is 0.268 e. The monoisotopic (exact) mass is 1090 g/mol. The van der Waals surface area contributed by atoms with Crippen LogP contribution < -0.4 is 9.30 Å². The van der Waals surface area contributed by atoms with Crippen molar-refractivity contribution in [3.8, 4) is 50.9 Å². The molecule has 10 rings (SSSR count). The predicted molar refractivity (Wildman–Crippen MR) is 281 cm³/mol. The van der Waals surface area contributed by atoms with Crippen LogP contribution in [0.1, 0.15) is 106 Å². The maximum Gasteiger partial charge on any atom is 0.268 e. The van der Waals surface area contributed by atoms with Gasteiger partial charge in [0.15, 0.2) is 0 Å². The third-order valence-electron chi connectivity index (χ3n) is 13.2. The minimum absolute atomic E-state index is 0. The molecule has 0 aliphatic rings. The summed E-state index contributed by atoms with van der Waals surface area (Å²) in [6.45, 7) is 23.4. The Morgan fingerprint density at radius 2 is 1.32 bits per heavy atom. The van der Waals surface area contributed by atoms with Crippen LogP contribution in [0.4, 0.5) is 0 Å². The number of hydrogen-bond acceptors (Lipinski definition) is 2. The number of nitrogens with zero attached hydrogens (tertiary/aromatic N) is 4. The molecule has 3 heterocycles. The van der Waals surface area contributed by atoms with E-state index in [0.29, 0.717) is 34.3 Å². The molecule has 0 N–H and O–H groups in total. The number of para-hydroxylation sites is 3. The van der Waals surface area contributed by atoms with E-state index in [2.05, 4.69) is 116 Å². The minimum Gasteiger partial charge on any atom is -0.510 e. The Bertz CT molecular complexity index is 3830. The number of ether oxygens (including phenoxy) is 1. The maximum absolute atomic E-state index is 9.38. The number of fused-ring (bicyclic) bond motifs is 4. The molecule has 0 saturated carbocycles. The molecule has 1 unspecified atom stereocenters. The van der Waals surface area contributed by atoms with Gasteiger partial charge in [0.05, 0.1) is 23.6 Å². The van der Waals surface area contributed by atoms with Gasteiger partial charge in [-0.2, -0.15) is 18.2 Å². The average molecular weight is 1090 g/mol. The van der Waals surface area contributed by atoms with Crippen molar-refractivity contribution in [3.05, 3.63) is 198 Å². The largest absolute Gasteiger partial charge is 0.510 e. The molecule has 3 aromatic heterocycles. The predicted octanol–water partition coefficient (Wildman–Crippen LogP) is 16.0. The zero-order valence-electron chi connectivity index (χ0n) is 47.1. The van der Waals surface area contributed by atoms with Gasteiger partial charge in [0.1, 0.15) is 5.82 Å². The second-order valence-electron chi connectivity index (χ2n) is 20.9. The normalized spacial score (nSPS) is 14.4. The number of rotatable bonds is 8. The molecule has 0 fully saturated rings. The van der Waals surface area contributed by atoms with Crippen LogP contribution in [0, 0.1) is 30.8 Å². The van der Waals surface area contributed by atoms with Crippen LogP contribution in [-0.4, -0.2) is 14.1 Å². The van der Waals surface area contributed by atoms with Gasteiger partial charge in [-0.25, -0.2) is 4.98 Å². The summed E-state index contributed by atoms with van der Waals surface area (Å²) < 4.78 is 66.6. The molecule has 0 aliphatic carbocycles. The summed E-state index contributed by atoms with van der Waals surface area (Å²) >= 11 is 0. The van der Waals surface area contributed by atoms with Crippen LogP contribution in [0.15, 0.2) is 158 Å². The van der Waals surface area contributed by atoms with Crippen LogP contribution >= 0.6 is 0 Å². The van der Waals surface area contributed by atoms with Gasteiger partial charge in [-0.1, -0.05) is 178 Å². The first kappa shape index (κ1) is 40.3. The fourth-order valence-corrected chi connectivity index (χ4v) is 9.04. The summed E-state index contributed by atoms with van der Waals surface area (Å²) in [5, 5.41) is 2.03. The first-order valence-electron chi connectivity index (χ1n) is 26.3. The van der Waals surface area contributed by atoms with Crippen molar-refractivity contribution in [2.75, 3.05) is 0 Å². The number of aryl methyl sites for hydroxylation is 1. The van der Waals surface area contributed by atoms with Gasteiger partial charge in [-0.15, -0.1) is 29.7 Å². The molecule has 0 aliphatic heterocycles. The van der Waals surface area contributed by atoms with Crippen molar-refractivity contribution in [3.63, 3.8) is 0 Å². The van der Waals surface area contributed by atoms with E-state index in [0.717, 1.165) is 66.2 Å². The molecule has 0 amide bonds. The molecular weight excluding hydrogens is 1020 g/mol. The van der Waals surface area contributed by atoms with Crippen molar-refractivity contribution >= 4 is 32.8 Å². The number of pyridine rings is 1. The SMILES string of the molecule is [2H]c1c([2H])c([2H])c(-c2cccc(-c3cc(C(C)(C)C)cc(C(C)(C)C)c3)c2-[n+]2[c-]n(-c3[c-]c(Oc4[c-]c5c(cc4)c4ccccc4n5-c4cc(C([2H])(C)C(C)(C)C)ccn4)ccc3)c3cccc(C)c32)c([2H])c1[2H].[Pt]. The van der Waals surface area contributed by atoms with Gasteiger partial charge in [0.25, 0.3) is 6.33 Å². The van der Waals surface area contributed by atoms with Gasteiger partial charge in [0, 0.05) is 45.6 Å². The molecule has 1 atom stereocenters. The van der Waals surface area contributed by atoms with Crippen molar-refractivity contribution in [2.45, 2.75) is 92.9 Å². The Morgan fingerprint density at radius 1 is 0.667 bits per heavy atom. The van der Waals surface area contributed by atoms with Crippen molar-refractivity contribution in [1.29, 1.82) is 0 Å². The molecule has 0 saturated heterocycles. The molecule has 10 aromatic rings. The number of imidazole rings is 1. The fraction of sp³-hybridized carbons (Fsp3) is 0.238. The number of hydrogen-bond donors (Lipinski definition) is 0. The standard InChI is InChI=1S/C63H60N4O.Pt/c1-41-20-17-29-56-59(41)66(60-51(43-21-13-12-14-22-43)26-19-27-52(60)45-34-46(62(6,7)8)37-47(35-45)63(9,10)11)40-65(56)48-23-18-24-49(38-48)68-50-30-31-54-53-25-15-16-28-55(53)67(57(54)39-50)58-36-44(32-33-64-58)42(2)61(3,4)5;/h12-37,42H,1-11H3;/q-2;/i12D,13D,14D,21D,22D,42D;. The molecule has 0 spiro atoms. The molecule has 5 nitrogen and oxygen atoms in total. The Hall–Kier alpha value is -6.55. The molecule has 0 radical (unpaired) electrons. The molecular formula is C63H60N4OPt-2. The Balaban J connectivity index is 0.00000689. The third kappa shape index (κ3) is 8.99. The topological polar surface area (TPSA) is 35.9 Å². The molecule has 350 valence electrons. The first-order valence-corrected chi connectivity index (χ1v) is 23.3. The number of benzene rings is 7. The van der Waals surface area contributed by atoms with Crippen molar-refractivity contribution in [2.24, 2.45) is 5.41 Å². The summed E-state index contributed by atoms with van der Waals surface area (Å²) in [5.41, 5.74) is 10.3. The summed E-state index contributed by atoms with van der Waals surface area (Å²) in [7, 11) is 0. The summed E-state index contributed by atoms with van der Waals surface area (Å²) in [5.74, 6) is 0.722. The second-order valence-corrected chi connectivity index (χ2v) is 20.9. The van der Waals surface area contributed by atoms with E-state index in [1.54, 1.807) is 6.20 Å². The quantitative estimate of drug-likeness (QED) is 0.112. The van der Waals surface area contributed by atoms with Crippen LogP contribution in [0.5, 0.6) is 11.5 Å². The van der Waals surface area contributed by atoms with Gasteiger partial charge in [-0.3, -0.25) is 4.57 Å². The second kappa shape index (κ2) is 18.1. The Labute approximate surface area is 431 Å². The fourth-order valence-electron chi connectivity index (χ4n) is 9.04. The van der Waals surface area contributed by atoms with Crippen LogP contribution in [-0.2, 0) is 31.9 Å². The molecule has 7 aromatic carbocycles. The van der Waals surface area contributed by atoms with Crippen molar-refractivity contribution in [1.82, 2.24) is 14.1 Å². The van der Waals surface area contributed by atoms with Gasteiger partial charge < -0.3 is 13.9 Å². The van der Waals surface area contributed by atoms with Crippen molar-refractivity contribution < 1.29 is 38.6 Å². The molecule has 0 bridgehead atoms. The Morgan fingerprint density at radius 3 is 2.03 bits per heavy atom. The zero-order valence-corrected chi connectivity index (χ0v) is 43.4. The van der Waals surface area contributed by atoms with Crippen LogP contribution in [0.3, 0.4) is 0 Å². The van der Waals surface area contributed by atoms with Crippen LogP contribution in [0.25, 0.3) is 72.3 Å². The molecule has 69 heavy (non-hydrogen) atoms. The van der Waals surface area contributed by atoms with E-state index in [1.165, 1.54) is 0 Å². The summed E-state index contributed by atoms with van der Waals surface area (Å²) in [6.07, 6.45) is 5.47. The maximum atomic E-state index is 9.38. The minimum atomic E-state index is -0.882. The zero-order chi connectivity index (χ0) is 53.0. The van der Waals surface area contributed by atoms with E-state index < -0.39 is 24.0 Å². The molecule has 6 heteroatoms. The third-order valence-corrected chi connectivity index (χ3v) is 13.2. The number of aromatic nitrogens is 4. The van der Waals surface area contributed by atoms with E-state index in [1.807, 2.05) is 114 Å². The van der Waals surface area contributed by atoms with Crippen LogP contribution in [0.2, 0.25) is 0 Å². The van der Waals surface area contributed by atoms with Gasteiger partial charge in [-0.05, 0) is 103 Å². The van der Waals surface area contributed by atoms with E-state index in [-0.39, 0.29) is 55.0 Å². The summed E-state index contributed by atoms with van der Waals surface area (Å²) in [4.78, 5) is 4.84. The van der Waals surface area contributed by atoms with E-state index in [9.17, 15) is 4.11 Å². The Kier molecular flexibility index (Phi) is 10.6. The van der Waals surface area contributed by atoms with E-state index >= 15 is 0 Å². The van der Waals surface area contributed by atoms with Gasteiger partial charge in [0.2, 0.25) is 0 Å². The summed E-state index contributed by atoms with van der Waals surface area (Å²) in [6, 6.07) is 45.6. The van der Waals surface area contributed by atoms with Gasteiger partial charge >= 0.3 is 0 Å². The van der Waals surface area contributed by atoms with E-state index in [4.69, 9.17) is 13.8 Å². The first-order chi connectivity index (χ1) is 34.8. The average Bonchev–Trinajstić information content (AvgIpc) is 3.93.